The van der Waals surface area contributed by atoms with E-state index in [0.717, 1.165) is 12.0 Å². The van der Waals surface area contributed by atoms with E-state index in [1.165, 1.54) is 7.11 Å². The van der Waals surface area contributed by atoms with Gasteiger partial charge in [0.15, 0.2) is 11.5 Å². The Kier molecular flexibility index (Phi) is 6.59. The number of methoxy groups -OCH3 is 1. The van der Waals surface area contributed by atoms with Gasteiger partial charge in [-0.2, -0.15) is 0 Å². The Hall–Kier alpha value is -3.22. The first-order chi connectivity index (χ1) is 14.1. The van der Waals surface area contributed by atoms with Gasteiger partial charge in [0, 0.05) is 5.56 Å². The van der Waals surface area contributed by atoms with Crippen LogP contribution in [0.4, 0.5) is 0 Å². The van der Waals surface area contributed by atoms with Crippen molar-refractivity contribution >= 4 is 11.9 Å². The van der Waals surface area contributed by atoms with Crippen molar-refractivity contribution in [1.29, 1.82) is 0 Å². The van der Waals surface area contributed by atoms with Crippen LogP contribution in [0.15, 0.2) is 30.3 Å². The largest absolute Gasteiger partial charge is 0.466 e. The lowest BCUT2D eigenvalue weighted by atomic mass is 10.0. The van der Waals surface area contributed by atoms with Crippen molar-refractivity contribution in [2.75, 3.05) is 20.5 Å². The predicted molar refractivity (Wildman–Crippen MR) is 105 cm³/mol. The first-order valence-electron chi connectivity index (χ1n) is 9.53. The van der Waals surface area contributed by atoms with Crippen LogP contribution in [0.5, 0.6) is 23.0 Å². The van der Waals surface area contributed by atoms with Crippen LogP contribution in [-0.4, -0.2) is 32.4 Å². The molecule has 0 atom stereocenters. The number of carbonyl (C=O) groups is 2. The summed E-state index contributed by atoms with van der Waals surface area (Å²) >= 11 is 0. The van der Waals surface area contributed by atoms with E-state index in [1.54, 1.807) is 37.3 Å². The third kappa shape index (κ3) is 4.62. The van der Waals surface area contributed by atoms with Gasteiger partial charge < -0.3 is 23.7 Å². The van der Waals surface area contributed by atoms with Crippen molar-refractivity contribution in [2.45, 2.75) is 33.1 Å². The van der Waals surface area contributed by atoms with Gasteiger partial charge in [-0.25, -0.2) is 4.79 Å². The summed E-state index contributed by atoms with van der Waals surface area (Å²) in [5.41, 5.74) is 1.94. The molecule has 0 fully saturated rings. The summed E-state index contributed by atoms with van der Waals surface area (Å²) in [7, 11) is 1.35. The second kappa shape index (κ2) is 9.32. The highest BCUT2D eigenvalue weighted by Crippen LogP contribution is 2.46. The zero-order valence-corrected chi connectivity index (χ0v) is 16.8. The van der Waals surface area contributed by atoms with E-state index in [0.29, 0.717) is 47.2 Å². The second-order valence-corrected chi connectivity index (χ2v) is 6.44. The number of hydrogen-bond acceptors (Lipinski definition) is 7. The predicted octanol–water partition coefficient (Wildman–Crippen LogP) is 4.05. The molecule has 7 heteroatoms. The smallest absolute Gasteiger partial charge is 0.337 e. The fraction of sp³-hybridized carbons (Fsp3) is 0.364. The maximum absolute atomic E-state index is 12.0. The molecule has 0 amide bonds. The van der Waals surface area contributed by atoms with Crippen molar-refractivity contribution in [2.24, 2.45) is 0 Å². The molecule has 7 nitrogen and oxygen atoms in total. The van der Waals surface area contributed by atoms with E-state index in [9.17, 15) is 9.59 Å². The summed E-state index contributed by atoms with van der Waals surface area (Å²) in [6, 6.07) is 8.64. The first-order valence-corrected chi connectivity index (χ1v) is 9.53. The molecular weight excluding hydrogens is 376 g/mol. The number of aryl methyl sites for hydroxylation is 1. The number of esters is 2. The Balaban J connectivity index is 1.99. The van der Waals surface area contributed by atoms with Crippen LogP contribution in [0.3, 0.4) is 0 Å². The van der Waals surface area contributed by atoms with Crippen LogP contribution in [0.1, 0.15) is 41.8 Å². The Morgan fingerprint density at radius 1 is 1.07 bits per heavy atom. The molecule has 0 unspecified atom stereocenters. The molecule has 2 aromatic carbocycles. The summed E-state index contributed by atoms with van der Waals surface area (Å²) in [5, 5.41) is 0. The molecule has 1 heterocycles. The molecular formula is C22H24O7. The van der Waals surface area contributed by atoms with E-state index >= 15 is 0 Å². The van der Waals surface area contributed by atoms with E-state index in [2.05, 4.69) is 0 Å². The van der Waals surface area contributed by atoms with Gasteiger partial charge in [0.2, 0.25) is 12.5 Å². The number of carbonyl (C=O) groups excluding carboxylic acids is 2. The van der Waals surface area contributed by atoms with Crippen LogP contribution in [0.2, 0.25) is 0 Å². The molecule has 154 valence electrons. The summed E-state index contributed by atoms with van der Waals surface area (Å²) < 4.78 is 27.1. The van der Waals surface area contributed by atoms with Crippen molar-refractivity contribution in [3.05, 3.63) is 47.0 Å². The third-order valence-corrected chi connectivity index (χ3v) is 4.43. The molecule has 0 spiro atoms. The lowest BCUT2D eigenvalue weighted by Gasteiger charge is -2.16. The van der Waals surface area contributed by atoms with Crippen molar-refractivity contribution in [3.8, 4) is 23.0 Å². The standard InChI is InChI=1S/C22H24O7/c1-4-6-14-11-16(22(24)25-3)8-9-17(14)29-20-15(12-19(23)26-5-2)7-10-18-21(20)28-13-27-18/h7-11H,4-6,12-13H2,1-3H3. The number of fused-ring (bicyclic) bond motifs is 1. The molecule has 0 aliphatic carbocycles. The van der Waals surface area contributed by atoms with Gasteiger partial charge in [0.1, 0.15) is 5.75 Å². The highest BCUT2D eigenvalue weighted by Gasteiger charge is 2.25. The van der Waals surface area contributed by atoms with Gasteiger partial charge >= 0.3 is 11.9 Å². The lowest BCUT2D eigenvalue weighted by molar-refractivity contribution is -0.142. The molecule has 0 saturated heterocycles. The summed E-state index contributed by atoms with van der Waals surface area (Å²) in [5.74, 6) is 1.23. The van der Waals surface area contributed by atoms with Crippen LogP contribution in [0, 0.1) is 0 Å². The van der Waals surface area contributed by atoms with Crippen molar-refractivity contribution in [1.82, 2.24) is 0 Å². The molecule has 3 rings (SSSR count). The number of benzene rings is 2. The Bertz CT molecular complexity index is 904. The van der Waals surface area contributed by atoms with Crippen LogP contribution < -0.4 is 14.2 Å². The Morgan fingerprint density at radius 3 is 2.62 bits per heavy atom. The number of hydrogen-bond donors (Lipinski definition) is 0. The van der Waals surface area contributed by atoms with Crippen LogP contribution >= 0.6 is 0 Å². The average molecular weight is 400 g/mol. The van der Waals surface area contributed by atoms with Crippen LogP contribution in [0.25, 0.3) is 0 Å². The third-order valence-electron chi connectivity index (χ3n) is 4.43. The summed E-state index contributed by atoms with van der Waals surface area (Å²) in [6.45, 7) is 4.18. The number of ether oxygens (including phenoxy) is 5. The zero-order chi connectivity index (χ0) is 20.8. The maximum atomic E-state index is 12.0. The summed E-state index contributed by atoms with van der Waals surface area (Å²) in [6.07, 6.45) is 1.62. The highest BCUT2D eigenvalue weighted by molar-refractivity contribution is 5.89. The highest BCUT2D eigenvalue weighted by atomic mass is 16.7. The van der Waals surface area contributed by atoms with Gasteiger partial charge in [0.05, 0.1) is 25.7 Å². The molecule has 0 bridgehead atoms. The van der Waals surface area contributed by atoms with E-state index in [1.807, 2.05) is 6.92 Å². The molecule has 0 N–H and O–H groups in total. The van der Waals surface area contributed by atoms with Gasteiger partial charge in [-0.3, -0.25) is 4.79 Å². The molecule has 0 aromatic heterocycles. The van der Waals surface area contributed by atoms with Gasteiger partial charge in [-0.15, -0.1) is 0 Å². The maximum Gasteiger partial charge on any atom is 0.337 e. The van der Waals surface area contributed by atoms with Gasteiger partial charge in [0.25, 0.3) is 0 Å². The topological polar surface area (TPSA) is 80.3 Å². The van der Waals surface area contributed by atoms with Gasteiger partial charge in [-0.05, 0) is 43.2 Å². The van der Waals surface area contributed by atoms with Gasteiger partial charge in [-0.1, -0.05) is 19.4 Å². The SMILES string of the molecule is CCCc1cc(C(=O)OC)ccc1Oc1c(CC(=O)OCC)ccc2c1OCO2. The molecule has 0 saturated carbocycles. The number of rotatable bonds is 8. The normalized spacial score (nSPS) is 11.8. The summed E-state index contributed by atoms with van der Waals surface area (Å²) in [4.78, 5) is 23.9. The second-order valence-electron chi connectivity index (χ2n) is 6.44. The van der Waals surface area contributed by atoms with E-state index in [4.69, 9.17) is 23.7 Å². The lowest BCUT2D eigenvalue weighted by Crippen LogP contribution is -2.09. The fourth-order valence-corrected chi connectivity index (χ4v) is 3.10. The Morgan fingerprint density at radius 2 is 1.90 bits per heavy atom. The first kappa shape index (κ1) is 20.5. The molecule has 1 aliphatic heterocycles. The van der Waals surface area contributed by atoms with Crippen LogP contribution in [-0.2, 0) is 27.1 Å². The van der Waals surface area contributed by atoms with E-state index < -0.39 is 5.97 Å². The minimum Gasteiger partial charge on any atom is -0.466 e. The van der Waals surface area contributed by atoms with Crippen molar-refractivity contribution < 1.29 is 33.3 Å². The zero-order valence-electron chi connectivity index (χ0n) is 16.8. The molecule has 1 aliphatic rings. The van der Waals surface area contributed by atoms with Crippen molar-refractivity contribution in [3.63, 3.8) is 0 Å². The monoisotopic (exact) mass is 400 g/mol. The molecule has 29 heavy (non-hydrogen) atoms. The quantitative estimate of drug-likeness (QED) is 0.618. The minimum atomic E-state index is -0.408. The average Bonchev–Trinajstić information content (AvgIpc) is 3.19. The Labute approximate surface area is 169 Å². The minimum absolute atomic E-state index is 0.0448. The fourth-order valence-electron chi connectivity index (χ4n) is 3.10. The molecule has 0 radical (unpaired) electrons. The van der Waals surface area contributed by atoms with E-state index in [-0.39, 0.29) is 19.2 Å². The molecule has 2 aromatic rings.